The molecule has 0 N–H and O–H groups in total. The molecule has 1 atom stereocenters. The topological polar surface area (TPSA) is 51.0 Å². The molecule has 100 valence electrons. The quantitative estimate of drug-likeness (QED) is 0.860. The zero-order chi connectivity index (χ0) is 13.2. The van der Waals surface area contributed by atoms with Crippen LogP contribution in [0.4, 0.5) is 0 Å². The second-order valence-electron chi connectivity index (χ2n) is 4.65. The van der Waals surface area contributed by atoms with Crippen LogP contribution in [0.5, 0.6) is 0 Å². The van der Waals surface area contributed by atoms with Crippen molar-refractivity contribution in [2.75, 3.05) is 6.54 Å². The number of thiophene rings is 1. The van der Waals surface area contributed by atoms with E-state index in [-0.39, 0.29) is 18.5 Å². The largest absolute Gasteiger partial charge is 0.334 e. The second-order valence-corrected chi connectivity index (χ2v) is 5.65. The van der Waals surface area contributed by atoms with E-state index in [0.29, 0.717) is 0 Å². The van der Waals surface area contributed by atoms with E-state index in [1.165, 1.54) is 16.8 Å². The van der Waals surface area contributed by atoms with Crippen LogP contribution in [-0.4, -0.2) is 32.1 Å². The summed E-state index contributed by atoms with van der Waals surface area (Å²) in [6.45, 7) is 3.21. The molecule has 0 aromatic carbocycles. The summed E-state index contributed by atoms with van der Waals surface area (Å²) in [7, 11) is 0. The van der Waals surface area contributed by atoms with Gasteiger partial charge in [-0.3, -0.25) is 4.79 Å². The lowest BCUT2D eigenvalue weighted by atomic mass is 9.98. The van der Waals surface area contributed by atoms with Gasteiger partial charge in [-0.1, -0.05) is 6.92 Å². The molecule has 1 amide bonds. The molecule has 5 nitrogen and oxygen atoms in total. The molecule has 1 unspecified atom stereocenters. The number of carbonyl (C=O) groups excluding carboxylic acids is 1. The number of hydrogen-bond acceptors (Lipinski definition) is 4. The second kappa shape index (κ2) is 5.13. The van der Waals surface area contributed by atoms with Crippen LogP contribution in [0.2, 0.25) is 0 Å². The molecule has 0 saturated heterocycles. The standard InChI is InChI=1S/C13H16N4OS/c1-2-11-10-4-6-19-12(10)3-5-17(11)13(18)7-16-9-14-8-15-16/h4,6,8-9,11H,2-3,5,7H2,1H3. The van der Waals surface area contributed by atoms with E-state index in [4.69, 9.17) is 0 Å². The molecule has 0 saturated carbocycles. The third-order valence-corrected chi connectivity index (χ3v) is 4.56. The summed E-state index contributed by atoms with van der Waals surface area (Å²) < 4.78 is 1.58. The molecule has 6 heteroatoms. The lowest BCUT2D eigenvalue weighted by Crippen LogP contribution is -2.41. The van der Waals surface area contributed by atoms with Gasteiger partial charge in [0.1, 0.15) is 19.2 Å². The van der Waals surface area contributed by atoms with Gasteiger partial charge in [-0.15, -0.1) is 11.3 Å². The summed E-state index contributed by atoms with van der Waals surface area (Å²) >= 11 is 1.80. The van der Waals surface area contributed by atoms with Crippen molar-refractivity contribution in [3.8, 4) is 0 Å². The molecule has 3 heterocycles. The predicted octanol–water partition coefficient (Wildman–Crippen LogP) is 1.88. The molecule has 1 aliphatic rings. The van der Waals surface area contributed by atoms with Gasteiger partial charge in [0.25, 0.3) is 0 Å². The first-order chi connectivity index (χ1) is 9.29. The average molecular weight is 276 g/mol. The maximum atomic E-state index is 12.4. The Balaban J connectivity index is 1.79. The lowest BCUT2D eigenvalue weighted by Gasteiger charge is -2.35. The first-order valence-corrected chi connectivity index (χ1v) is 7.35. The number of aromatic nitrogens is 3. The number of hydrogen-bond donors (Lipinski definition) is 0. The van der Waals surface area contributed by atoms with E-state index < -0.39 is 0 Å². The van der Waals surface area contributed by atoms with Crippen molar-refractivity contribution in [3.63, 3.8) is 0 Å². The smallest absolute Gasteiger partial charge is 0.244 e. The van der Waals surface area contributed by atoms with Crippen LogP contribution in [0.1, 0.15) is 29.8 Å². The minimum atomic E-state index is 0.120. The highest BCUT2D eigenvalue weighted by atomic mass is 32.1. The third-order valence-electron chi connectivity index (χ3n) is 3.57. The summed E-state index contributed by atoms with van der Waals surface area (Å²) in [6.07, 6.45) is 4.95. The SMILES string of the molecule is CCC1c2ccsc2CCN1C(=O)Cn1cncn1. The Kier molecular flexibility index (Phi) is 3.33. The van der Waals surface area contributed by atoms with Crippen molar-refractivity contribution < 1.29 is 4.79 Å². The van der Waals surface area contributed by atoms with Gasteiger partial charge in [0.15, 0.2) is 0 Å². The van der Waals surface area contributed by atoms with Gasteiger partial charge in [-0.25, -0.2) is 9.67 Å². The Morgan fingerprint density at radius 3 is 3.21 bits per heavy atom. The summed E-state index contributed by atoms with van der Waals surface area (Å²) in [6, 6.07) is 2.37. The summed E-state index contributed by atoms with van der Waals surface area (Å²) in [5.74, 6) is 0.120. The molecule has 2 aromatic rings. The average Bonchev–Trinajstić information content (AvgIpc) is 3.07. The summed E-state index contributed by atoms with van der Waals surface area (Å²) in [4.78, 5) is 19.7. The fraction of sp³-hybridized carbons (Fsp3) is 0.462. The van der Waals surface area contributed by atoms with Crippen molar-refractivity contribution >= 4 is 17.2 Å². The number of nitrogens with zero attached hydrogens (tertiary/aromatic N) is 4. The number of fused-ring (bicyclic) bond motifs is 1. The van der Waals surface area contributed by atoms with Crippen LogP contribution in [0, 0.1) is 0 Å². The van der Waals surface area contributed by atoms with Crippen molar-refractivity contribution in [2.24, 2.45) is 0 Å². The molecule has 0 spiro atoms. The molecule has 0 fully saturated rings. The highest BCUT2D eigenvalue weighted by Gasteiger charge is 2.30. The molecule has 1 aliphatic heterocycles. The molecule has 19 heavy (non-hydrogen) atoms. The van der Waals surface area contributed by atoms with E-state index in [1.54, 1.807) is 22.3 Å². The van der Waals surface area contributed by atoms with Crippen LogP contribution in [0.15, 0.2) is 24.1 Å². The minimum absolute atomic E-state index is 0.120. The lowest BCUT2D eigenvalue weighted by molar-refractivity contribution is -0.135. The Hall–Kier alpha value is -1.69. The Morgan fingerprint density at radius 2 is 2.47 bits per heavy atom. The van der Waals surface area contributed by atoms with Crippen molar-refractivity contribution in [1.82, 2.24) is 19.7 Å². The number of carbonyl (C=O) groups is 1. The van der Waals surface area contributed by atoms with Gasteiger partial charge >= 0.3 is 0 Å². The Morgan fingerprint density at radius 1 is 1.58 bits per heavy atom. The summed E-state index contributed by atoms with van der Waals surface area (Å²) in [5.41, 5.74) is 1.32. The van der Waals surface area contributed by atoms with Crippen LogP contribution < -0.4 is 0 Å². The molecular formula is C13H16N4OS. The van der Waals surface area contributed by atoms with E-state index >= 15 is 0 Å². The van der Waals surface area contributed by atoms with E-state index in [2.05, 4.69) is 28.5 Å². The van der Waals surface area contributed by atoms with E-state index in [9.17, 15) is 4.79 Å². The normalized spacial score (nSPS) is 18.4. The predicted molar refractivity (Wildman–Crippen MR) is 72.8 cm³/mol. The van der Waals surface area contributed by atoms with Crippen LogP contribution >= 0.6 is 11.3 Å². The zero-order valence-electron chi connectivity index (χ0n) is 10.8. The van der Waals surface area contributed by atoms with Gasteiger partial charge in [-0.05, 0) is 29.9 Å². The molecule has 2 aromatic heterocycles. The Labute approximate surface area is 115 Å². The highest BCUT2D eigenvalue weighted by molar-refractivity contribution is 7.10. The zero-order valence-corrected chi connectivity index (χ0v) is 11.6. The maximum absolute atomic E-state index is 12.4. The molecule has 0 aliphatic carbocycles. The fourth-order valence-corrected chi connectivity index (χ4v) is 3.61. The molecule has 0 radical (unpaired) electrons. The van der Waals surface area contributed by atoms with Crippen molar-refractivity contribution in [2.45, 2.75) is 32.4 Å². The third kappa shape index (κ3) is 2.28. The van der Waals surface area contributed by atoms with E-state index in [1.807, 2.05) is 4.90 Å². The summed E-state index contributed by atoms with van der Waals surface area (Å²) in [5, 5.41) is 6.12. The van der Waals surface area contributed by atoms with Crippen LogP contribution in [-0.2, 0) is 17.8 Å². The number of rotatable bonds is 3. The van der Waals surface area contributed by atoms with Crippen LogP contribution in [0.25, 0.3) is 0 Å². The van der Waals surface area contributed by atoms with Gasteiger partial charge in [-0.2, -0.15) is 5.10 Å². The molecule has 3 rings (SSSR count). The van der Waals surface area contributed by atoms with Crippen LogP contribution in [0.3, 0.4) is 0 Å². The minimum Gasteiger partial charge on any atom is -0.334 e. The van der Waals surface area contributed by atoms with Gasteiger partial charge in [0, 0.05) is 11.4 Å². The number of amides is 1. The molecule has 0 bridgehead atoms. The van der Waals surface area contributed by atoms with Gasteiger partial charge in [0.2, 0.25) is 5.91 Å². The van der Waals surface area contributed by atoms with Gasteiger partial charge < -0.3 is 4.90 Å². The first-order valence-electron chi connectivity index (χ1n) is 6.47. The fourth-order valence-electron chi connectivity index (χ4n) is 2.68. The maximum Gasteiger partial charge on any atom is 0.244 e. The Bertz CT molecular complexity index is 563. The first kappa shape index (κ1) is 12.3. The molecular weight excluding hydrogens is 260 g/mol. The monoisotopic (exact) mass is 276 g/mol. The van der Waals surface area contributed by atoms with E-state index in [0.717, 1.165) is 19.4 Å². The van der Waals surface area contributed by atoms with Crippen molar-refractivity contribution in [3.05, 3.63) is 34.5 Å². The van der Waals surface area contributed by atoms with Gasteiger partial charge in [0.05, 0.1) is 6.04 Å². The van der Waals surface area contributed by atoms with Crippen molar-refractivity contribution in [1.29, 1.82) is 0 Å². The highest BCUT2D eigenvalue weighted by Crippen LogP contribution is 2.35.